The molecule has 3 rings (SSSR count). The lowest BCUT2D eigenvalue weighted by molar-refractivity contribution is -0.122. The van der Waals surface area contributed by atoms with Crippen molar-refractivity contribution in [3.05, 3.63) is 41.7 Å². The lowest BCUT2D eigenvalue weighted by Gasteiger charge is -2.17. The molecule has 1 N–H and O–H groups in total. The summed E-state index contributed by atoms with van der Waals surface area (Å²) >= 11 is 0. The van der Waals surface area contributed by atoms with Crippen LogP contribution in [0.5, 0.6) is 0 Å². The number of rotatable bonds is 3. The highest BCUT2D eigenvalue weighted by molar-refractivity contribution is 6.03. The molecule has 22 heavy (non-hydrogen) atoms. The van der Waals surface area contributed by atoms with E-state index in [0.29, 0.717) is 18.1 Å². The van der Waals surface area contributed by atoms with E-state index in [-0.39, 0.29) is 24.2 Å². The molecule has 1 atom stereocenters. The molecule has 0 unspecified atom stereocenters. The zero-order valence-corrected chi connectivity index (χ0v) is 12.5. The summed E-state index contributed by atoms with van der Waals surface area (Å²) in [6.45, 7) is 4.10. The Balaban J connectivity index is 1.70. The van der Waals surface area contributed by atoms with Gasteiger partial charge in [-0.25, -0.2) is 0 Å². The second-order valence-corrected chi connectivity index (χ2v) is 5.56. The molecule has 1 aromatic carbocycles. The Bertz CT molecular complexity index is 723. The van der Waals surface area contributed by atoms with Crippen LogP contribution in [-0.2, 0) is 9.59 Å². The normalized spacial score (nSPS) is 17.8. The molecule has 6 nitrogen and oxygen atoms in total. The number of carbonyl (C=O) groups excluding carboxylic acids is 2. The quantitative estimate of drug-likeness (QED) is 0.943. The fraction of sp³-hybridized carbons (Fsp3) is 0.312. The molecule has 1 fully saturated rings. The Morgan fingerprint density at radius 3 is 2.86 bits per heavy atom. The minimum absolute atomic E-state index is 0.0397. The van der Waals surface area contributed by atoms with Crippen LogP contribution in [0.1, 0.15) is 17.7 Å². The van der Waals surface area contributed by atoms with Crippen molar-refractivity contribution in [2.45, 2.75) is 20.3 Å². The number of nitrogens with zero attached hydrogens (tertiary/aromatic N) is 2. The molecule has 1 aliphatic heterocycles. The molecule has 0 spiro atoms. The second kappa shape index (κ2) is 5.63. The van der Waals surface area contributed by atoms with Crippen LogP contribution in [0.2, 0.25) is 0 Å². The molecule has 1 saturated heterocycles. The Hall–Kier alpha value is -2.63. The number of carbonyl (C=O) groups is 2. The summed E-state index contributed by atoms with van der Waals surface area (Å²) in [6, 6.07) is 9.35. The lowest BCUT2D eigenvalue weighted by Crippen LogP contribution is -2.28. The number of aromatic nitrogens is 1. The Kier molecular flexibility index (Phi) is 3.66. The third-order valence-corrected chi connectivity index (χ3v) is 3.69. The molecule has 114 valence electrons. The minimum atomic E-state index is -0.384. The summed E-state index contributed by atoms with van der Waals surface area (Å²) < 4.78 is 4.91. The van der Waals surface area contributed by atoms with E-state index in [9.17, 15) is 9.59 Å². The highest BCUT2D eigenvalue weighted by Gasteiger charge is 2.35. The van der Waals surface area contributed by atoms with E-state index in [4.69, 9.17) is 4.52 Å². The summed E-state index contributed by atoms with van der Waals surface area (Å²) in [7, 11) is 0. The molecule has 2 heterocycles. The first-order valence-corrected chi connectivity index (χ1v) is 7.14. The molecule has 1 aromatic heterocycles. The third kappa shape index (κ3) is 2.86. The van der Waals surface area contributed by atoms with Crippen LogP contribution in [0.4, 0.5) is 11.5 Å². The molecule has 1 aliphatic rings. The number of aryl methyl sites for hydroxylation is 2. The number of amides is 2. The maximum absolute atomic E-state index is 12.2. The Labute approximate surface area is 128 Å². The molecule has 6 heteroatoms. The summed E-state index contributed by atoms with van der Waals surface area (Å²) in [5.74, 6) is 0.368. The maximum atomic E-state index is 12.2. The topological polar surface area (TPSA) is 75.4 Å². The second-order valence-electron chi connectivity index (χ2n) is 5.56. The van der Waals surface area contributed by atoms with Crippen molar-refractivity contribution >= 4 is 23.3 Å². The van der Waals surface area contributed by atoms with Gasteiger partial charge in [0, 0.05) is 24.7 Å². The summed E-state index contributed by atoms with van der Waals surface area (Å²) in [5.41, 5.74) is 1.91. The van der Waals surface area contributed by atoms with Gasteiger partial charge in [0.15, 0.2) is 5.82 Å². The van der Waals surface area contributed by atoms with Crippen LogP contribution < -0.4 is 10.2 Å². The van der Waals surface area contributed by atoms with Gasteiger partial charge in [-0.3, -0.25) is 9.59 Å². The first-order chi connectivity index (χ1) is 10.5. The van der Waals surface area contributed by atoms with Gasteiger partial charge < -0.3 is 14.7 Å². The standard InChI is InChI=1S/C16H17N3O3/c1-10-4-3-5-13(6-10)19-9-12(8-15(19)20)16(21)17-14-7-11(2)22-18-14/h3-7,12H,8-9H2,1-2H3,(H,17,18,21)/t12-/m0/s1. The van der Waals surface area contributed by atoms with Crippen molar-refractivity contribution in [2.24, 2.45) is 5.92 Å². The van der Waals surface area contributed by atoms with E-state index >= 15 is 0 Å². The van der Waals surface area contributed by atoms with Crippen molar-refractivity contribution in [3.8, 4) is 0 Å². The highest BCUT2D eigenvalue weighted by atomic mass is 16.5. The van der Waals surface area contributed by atoms with Crippen LogP contribution in [-0.4, -0.2) is 23.5 Å². The van der Waals surface area contributed by atoms with E-state index in [1.165, 1.54) is 0 Å². The van der Waals surface area contributed by atoms with Gasteiger partial charge in [-0.15, -0.1) is 0 Å². The van der Waals surface area contributed by atoms with Gasteiger partial charge in [0.2, 0.25) is 11.8 Å². The van der Waals surface area contributed by atoms with Crippen LogP contribution >= 0.6 is 0 Å². The van der Waals surface area contributed by atoms with Gasteiger partial charge >= 0.3 is 0 Å². The maximum Gasteiger partial charge on any atom is 0.231 e. The van der Waals surface area contributed by atoms with E-state index in [1.54, 1.807) is 17.9 Å². The first kappa shape index (κ1) is 14.3. The lowest BCUT2D eigenvalue weighted by atomic mass is 10.1. The molecule has 2 aromatic rings. The smallest absolute Gasteiger partial charge is 0.231 e. The number of nitrogens with one attached hydrogen (secondary N) is 1. The van der Waals surface area contributed by atoms with Crippen molar-refractivity contribution in [1.82, 2.24) is 5.16 Å². The van der Waals surface area contributed by atoms with Gasteiger partial charge in [-0.05, 0) is 31.5 Å². The molecule has 2 amide bonds. The van der Waals surface area contributed by atoms with E-state index in [2.05, 4.69) is 10.5 Å². The van der Waals surface area contributed by atoms with Crippen molar-refractivity contribution in [2.75, 3.05) is 16.8 Å². The van der Waals surface area contributed by atoms with Crippen LogP contribution in [0, 0.1) is 19.8 Å². The Morgan fingerprint density at radius 2 is 2.18 bits per heavy atom. The van der Waals surface area contributed by atoms with Crippen molar-refractivity contribution in [1.29, 1.82) is 0 Å². The SMILES string of the molecule is Cc1cccc(N2C[C@@H](C(=O)Nc3cc(C)on3)CC2=O)c1. The zero-order chi connectivity index (χ0) is 15.7. The fourth-order valence-electron chi connectivity index (χ4n) is 2.58. The van der Waals surface area contributed by atoms with Gasteiger partial charge in [0.05, 0.1) is 5.92 Å². The van der Waals surface area contributed by atoms with Gasteiger partial charge in [-0.2, -0.15) is 0 Å². The van der Waals surface area contributed by atoms with E-state index in [1.807, 2.05) is 31.2 Å². The van der Waals surface area contributed by atoms with Gasteiger partial charge in [0.1, 0.15) is 5.76 Å². The van der Waals surface area contributed by atoms with Gasteiger partial charge in [-0.1, -0.05) is 17.3 Å². The largest absolute Gasteiger partial charge is 0.360 e. The van der Waals surface area contributed by atoms with Crippen LogP contribution in [0.15, 0.2) is 34.9 Å². The highest BCUT2D eigenvalue weighted by Crippen LogP contribution is 2.26. The summed E-state index contributed by atoms with van der Waals surface area (Å²) in [5, 5.41) is 6.42. The van der Waals surface area contributed by atoms with Crippen LogP contribution in [0.3, 0.4) is 0 Å². The van der Waals surface area contributed by atoms with Crippen molar-refractivity contribution in [3.63, 3.8) is 0 Å². The first-order valence-electron chi connectivity index (χ1n) is 7.14. The molecule has 0 aliphatic carbocycles. The number of benzene rings is 1. The number of anilines is 2. The van der Waals surface area contributed by atoms with E-state index < -0.39 is 0 Å². The molecular weight excluding hydrogens is 282 g/mol. The van der Waals surface area contributed by atoms with Crippen LogP contribution in [0.25, 0.3) is 0 Å². The number of hydrogen-bond donors (Lipinski definition) is 1. The fourth-order valence-corrected chi connectivity index (χ4v) is 2.58. The average molecular weight is 299 g/mol. The minimum Gasteiger partial charge on any atom is -0.360 e. The van der Waals surface area contributed by atoms with Crippen molar-refractivity contribution < 1.29 is 14.1 Å². The average Bonchev–Trinajstić information content (AvgIpc) is 3.05. The zero-order valence-electron chi connectivity index (χ0n) is 12.5. The Morgan fingerprint density at radius 1 is 1.36 bits per heavy atom. The predicted octanol–water partition coefficient (Wildman–Crippen LogP) is 2.28. The monoisotopic (exact) mass is 299 g/mol. The predicted molar refractivity (Wildman–Crippen MR) is 81.5 cm³/mol. The molecule has 0 saturated carbocycles. The van der Waals surface area contributed by atoms with Gasteiger partial charge in [0.25, 0.3) is 0 Å². The number of hydrogen-bond acceptors (Lipinski definition) is 4. The molecular formula is C16H17N3O3. The molecule has 0 radical (unpaired) electrons. The van der Waals surface area contributed by atoms with E-state index in [0.717, 1.165) is 11.3 Å². The third-order valence-electron chi connectivity index (χ3n) is 3.69. The summed E-state index contributed by atoms with van der Waals surface area (Å²) in [6.07, 6.45) is 0.205. The molecule has 0 bridgehead atoms. The summed E-state index contributed by atoms with van der Waals surface area (Å²) in [4.78, 5) is 26.1.